The van der Waals surface area contributed by atoms with E-state index in [0.717, 1.165) is 17.3 Å². The van der Waals surface area contributed by atoms with Crippen molar-refractivity contribution < 1.29 is 21.7 Å². The molecule has 0 aliphatic rings. The molecule has 0 aliphatic heterocycles. The van der Waals surface area contributed by atoms with Crippen LogP contribution in [-0.2, 0) is 17.3 Å². The van der Waals surface area contributed by atoms with Crippen molar-refractivity contribution >= 4 is 21.3 Å². The van der Waals surface area contributed by atoms with Crippen LogP contribution < -0.4 is 0 Å². The molecule has 0 aromatic heterocycles. The molecule has 0 heterocycles. The van der Waals surface area contributed by atoms with E-state index >= 15 is 0 Å². The van der Waals surface area contributed by atoms with Crippen molar-refractivity contribution in [3.05, 3.63) is 41.5 Å². The molecule has 11 heavy (non-hydrogen) atoms. The predicted octanol–water partition coefficient (Wildman–Crippen LogP) is 3.35. The molecule has 1 aromatic carbocycles. The van der Waals surface area contributed by atoms with Gasteiger partial charge >= 0.3 is 27.0 Å². The first-order chi connectivity index (χ1) is 5.20. The number of halogens is 3. The van der Waals surface area contributed by atoms with Gasteiger partial charge in [0.05, 0.1) is 0 Å². The Balaban J connectivity index is 0.000000461. The summed E-state index contributed by atoms with van der Waals surface area (Å²) in [5.74, 6) is -0.326. The van der Waals surface area contributed by atoms with Crippen LogP contribution in [0.15, 0.2) is 18.2 Å². The third-order valence-corrected chi connectivity index (χ3v) is 1.37. The summed E-state index contributed by atoms with van der Waals surface area (Å²) >= 11 is 6.36. The first kappa shape index (κ1) is 11.2. The Morgan fingerprint density at radius 2 is 1.91 bits per heavy atom. The molecule has 0 saturated heterocycles. The molecule has 0 unspecified atom stereocenters. The summed E-state index contributed by atoms with van der Waals surface area (Å²) in [6, 6.07) is 4.11. The van der Waals surface area contributed by atoms with Crippen LogP contribution in [0.1, 0.15) is 5.56 Å². The van der Waals surface area contributed by atoms with Crippen molar-refractivity contribution in [1.29, 1.82) is 0 Å². The van der Waals surface area contributed by atoms with Crippen LogP contribution in [0, 0.1) is 12.7 Å². The third-order valence-electron chi connectivity index (χ3n) is 1.02. The molecule has 56 valence electrons. The molecule has 0 nitrogen and oxygen atoms in total. The maximum absolute atomic E-state index is 12.2. The molecule has 1 aromatic rings. The molecule has 0 N–H and O–H groups in total. The van der Waals surface area contributed by atoms with E-state index in [1.165, 1.54) is 18.2 Å². The number of benzene rings is 1. The Bertz CT molecular complexity index is 228. The molecule has 0 radical (unpaired) electrons. The second kappa shape index (κ2) is 5.82. The fraction of sp³-hybridized carbons (Fsp3) is 0. The van der Waals surface area contributed by atoms with Gasteiger partial charge < -0.3 is 0 Å². The number of hydrogen-bond acceptors (Lipinski definition) is 0. The fourth-order valence-electron chi connectivity index (χ4n) is 0.522. The molecule has 0 spiro atoms. The maximum atomic E-state index is 12.2. The van der Waals surface area contributed by atoms with Gasteiger partial charge in [0.25, 0.3) is 0 Å². The van der Waals surface area contributed by atoms with E-state index < -0.39 is 0 Å². The van der Waals surface area contributed by atoms with Crippen molar-refractivity contribution in [2.45, 2.75) is 0 Å². The van der Waals surface area contributed by atoms with E-state index in [9.17, 15) is 4.39 Å². The van der Waals surface area contributed by atoms with Gasteiger partial charge in [0.1, 0.15) is 5.82 Å². The Morgan fingerprint density at radius 3 is 2.27 bits per heavy atom. The fourth-order valence-corrected chi connectivity index (χ4v) is 0.689. The summed E-state index contributed by atoms with van der Waals surface area (Å²) in [6.07, 6.45) is 0. The van der Waals surface area contributed by atoms with Crippen LogP contribution in [0.5, 0.6) is 0 Å². The Kier molecular flexibility index (Phi) is 5.94. The van der Waals surface area contributed by atoms with Crippen LogP contribution in [0.2, 0.25) is 5.02 Å². The average molecular weight is 244 g/mol. The topological polar surface area (TPSA) is 0 Å². The summed E-state index contributed by atoms with van der Waals surface area (Å²) < 4.78 is 12.2. The van der Waals surface area contributed by atoms with Crippen LogP contribution in [-0.4, -0.2) is 0 Å². The van der Waals surface area contributed by atoms with Crippen molar-refractivity contribution in [3.63, 3.8) is 0 Å². The van der Waals surface area contributed by atoms with E-state index in [2.05, 4.69) is 6.92 Å². The summed E-state index contributed by atoms with van der Waals surface area (Å²) in [4.78, 5) is 0. The third kappa shape index (κ3) is 3.95. The molecular weight excluding hydrogens is 239 g/mol. The quantitative estimate of drug-likeness (QED) is 0.485. The molecule has 0 aliphatic carbocycles. The van der Waals surface area contributed by atoms with E-state index in [1.807, 2.05) is 0 Å². The second-order valence-electron chi connectivity index (χ2n) is 1.74. The zero-order valence-electron chi connectivity index (χ0n) is 5.78. The molecular formula is C7H5Cl2FZn. The van der Waals surface area contributed by atoms with E-state index in [4.69, 9.17) is 21.3 Å². The first-order valence-corrected chi connectivity index (χ1v) is 7.01. The van der Waals surface area contributed by atoms with Gasteiger partial charge in [-0.3, -0.25) is 0 Å². The summed E-state index contributed by atoms with van der Waals surface area (Å²) in [5, 5.41) is 0.370. The van der Waals surface area contributed by atoms with Crippen LogP contribution in [0.4, 0.5) is 4.39 Å². The zero-order valence-corrected chi connectivity index (χ0v) is 10.3. The molecule has 1 rings (SSSR count). The minimum atomic E-state index is -0.326. The van der Waals surface area contributed by atoms with Crippen molar-refractivity contribution in [1.82, 2.24) is 0 Å². The van der Waals surface area contributed by atoms with Crippen molar-refractivity contribution in [3.8, 4) is 0 Å². The molecule has 0 atom stereocenters. The Morgan fingerprint density at radius 1 is 1.36 bits per heavy atom. The van der Waals surface area contributed by atoms with Gasteiger partial charge in [0.2, 0.25) is 0 Å². The SMILES string of the molecule is [CH2-]c1ccc(F)cc1Cl.[Cl][Zn+]. The van der Waals surface area contributed by atoms with Gasteiger partial charge in [0.15, 0.2) is 0 Å². The molecule has 4 heteroatoms. The van der Waals surface area contributed by atoms with Gasteiger partial charge in [-0.05, 0) is 0 Å². The van der Waals surface area contributed by atoms with Crippen LogP contribution >= 0.6 is 21.3 Å². The standard InChI is InChI=1S/C7H5ClF.ClH.Zn/c1-5-2-3-6(9)4-7(5)8;;/h2-4H,1H2;1H;/q-1;;+2/p-1. The van der Waals surface area contributed by atoms with Crippen LogP contribution in [0.25, 0.3) is 0 Å². The average Bonchev–Trinajstić information content (AvgIpc) is 2.02. The van der Waals surface area contributed by atoms with E-state index in [0.29, 0.717) is 10.6 Å². The number of rotatable bonds is 0. The minimum absolute atomic E-state index is 0.326. The molecule has 0 bridgehead atoms. The molecule has 0 saturated carbocycles. The Labute approximate surface area is 84.4 Å². The van der Waals surface area contributed by atoms with Crippen molar-refractivity contribution in [2.24, 2.45) is 0 Å². The monoisotopic (exact) mass is 242 g/mol. The second-order valence-corrected chi connectivity index (χ2v) is 2.14. The van der Waals surface area contributed by atoms with Crippen LogP contribution in [0.3, 0.4) is 0 Å². The van der Waals surface area contributed by atoms with Gasteiger partial charge in [-0.1, -0.05) is 17.2 Å². The first-order valence-electron chi connectivity index (χ1n) is 2.74. The number of hydrogen-bond donors (Lipinski definition) is 0. The van der Waals surface area contributed by atoms with Gasteiger partial charge in [-0.2, -0.15) is 30.2 Å². The summed E-state index contributed by atoms with van der Waals surface area (Å²) in [6.45, 7) is 3.56. The predicted molar refractivity (Wildman–Crippen MR) is 41.7 cm³/mol. The Hall–Kier alpha value is 0.223. The zero-order chi connectivity index (χ0) is 8.85. The normalized spacial score (nSPS) is 8.45. The van der Waals surface area contributed by atoms with Crippen molar-refractivity contribution in [2.75, 3.05) is 0 Å². The summed E-state index contributed by atoms with van der Waals surface area (Å²) in [7, 11) is 4.76. The molecule has 0 fully saturated rings. The van der Waals surface area contributed by atoms with Gasteiger partial charge in [0, 0.05) is 0 Å². The van der Waals surface area contributed by atoms with E-state index in [-0.39, 0.29) is 5.82 Å². The summed E-state index contributed by atoms with van der Waals surface area (Å²) in [5.41, 5.74) is 0.651. The van der Waals surface area contributed by atoms with Gasteiger partial charge in [-0.15, -0.1) is 0 Å². The van der Waals surface area contributed by atoms with Gasteiger partial charge in [-0.25, -0.2) is 4.39 Å². The van der Waals surface area contributed by atoms with E-state index in [1.54, 1.807) is 0 Å². The molecule has 0 amide bonds.